The number of nitrogens with zero attached hydrogens (tertiary/aromatic N) is 1. The third kappa shape index (κ3) is 3.54. The highest BCUT2D eigenvalue weighted by atomic mass is 35.5. The Morgan fingerprint density at radius 2 is 1.61 bits per heavy atom. The molecule has 1 heterocycles. The first-order chi connectivity index (χ1) is 10.5. The lowest BCUT2D eigenvalue weighted by atomic mass is 9.96. The van der Waals surface area contributed by atoms with Gasteiger partial charge in [-0.25, -0.2) is 0 Å². The van der Waals surface area contributed by atoms with E-state index in [-0.39, 0.29) is 23.7 Å². The van der Waals surface area contributed by atoms with Crippen molar-refractivity contribution in [2.24, 2.45) is 0 Å². The number of halogens is 4. The molecule has 3 rings (SSSR count). The second-order valence-electron chi connectivity index (χ2n) is 5.45. The minimum atomic E-state index is -4.36. The lowest BCUT2D eigenvalue weighted by molar-refractivity contribution is -0.187. The molecular formula is C16H18ClF3N2O. The molecule has 1 atom stereocenters. The van der Waals surface area contributed by atoms with Crippen molar-refractivity contribution < 1.29 is 18.3 Å². The SMILES string of the molecule is Cl.Oc1ccc([C@H](N2CCNCC2)C(F)(F)F)c2ccccc12. The fourth-order valence-electron chi connectivity index (χ4n) is 3.07. The van der Waals surface area contributed by atoms with Crippen molar-refractivity contribution >= 4 is 23.2 Å². The molecule has 0 bridgehead atoms. The maximum Gasteiger partial charge on any atom is 0.408 e. The van der Waals surface area contributed by atoms with Crippen molar-refractivity contribution in [3.63, 3.8) is 0 Å². The van der Waals surface area contributed by atoms with Crippen LogP contribution in [0.5, 0.6) is 5.75 Å². The van der Waals surface area contributed by atoms with Crippen LogP contribution in [-0.4, -0.2) is 42.4 Å². The maximum absolute atomic E-state index is 13.7. The molecular weight excluding hydrogens is 329 g/mol. The highest BCUT2D eigenvalue weighted by Crippen LogP contribution is 2.42. The van der Waals surface area contributed by atoms with Gasteiger partial charge in [-0.05, 0) is 17.0 Å². The summed E-state index contributed by atoms with van der Waals surface area (Å²) in [6.07, 6.45) is -4.36. The predicted octanol–water partition coefficient (Wildman–Crippen LogP) is 3.48. The van der Waals surface area contributed by atoms with Gasteiger partial charge in [0.15, 0.2) is 0 Å². The Hall–Kier alpha value is -1.50. The van der Waals surface area contributed by atoms with E-state index in [1.807, 2.05) is 0 Å². The second-order valence-corrected chi connectivity index (χ2v) is 5.45. The molecule has 2 N–H and O–H groups in total. The lowest BCUT2D eigenvalue weighted by Crippen LogP contribution is -2.49. The molecule has 0 radical (unpaired) electrons. The summed E-state index contributed by atoms with van der Waals surface area (Å²) < 4.78 is 41.1. The summed E-state index contributed by atoms with van der Waals surface area (Å²) in [7, 11) is 0. The van der Waals surface area contributed by atoms with Crippen LogP contribution < -0.4 is 5.32 Å². The summed E-state index contributed by atoms with van der Waals surface area (Å²) in [5, 5.41) is 13.9. The minimum absolute atomic E-state index is 0. The minimum Gasteiger partial charge on any atom is -0.507 e. The van der Waals surface area contributed by atoms with Crippen LogP contribution >= 0.6 is 12.4 Å². The van der Waals surface area contributed by atoms with Gasteiger partial charge >= 0.3 is 6.18 Å². The summed E-state index contributed by atoms with van der Waals surface area (Å²) >= 11 is 0. The number of fused-ring (bicyclic) bond motifs is 1. The van der Waals surface area contributed by atoms with E-state index in [1.165, 1.54) is 17.0 Å². The molecule has 1 aliphatic rings. The van der Waals surface area contributed by atoms with Gasteiger partial charge in [0.05, 0.1) is 0 Å². The van der Waals surface area contributed by atoms with Crippen LogP contribution in [0.1, 0.15) is 11.6 Å². The van der Waals surface area contributed by atoms with Crippen LogP contribution in [0.15, 0.2) is 36.4 Å². The van der Waals surface area contributed by atoms with E-state index in [4.69, 9.17) is 0 Å². The Morgan fingerprint density at radius 1 is 1.00 bits per heavy atom. The van der Waals surface area contributed by atoms with Crippen molar-refractivity contribution in [1.29, 1.82) is 0 Å². The molecule has 7 heteroatoms. The quantitative estimate of drug-likeness (QED) is 0.874. The molecule has 0 unspecified atom stereocenters. The molecule has 0 spiro atoms. The van der Waals surface area contributed by atoms with Crippen molar-refractivity contribution in [3.8, 4) is 5.75 Å². The Balaban J connectivity index is 0.00000192. The van der Waals surface area contributed by atoms with Gasteiger partial charge in [-0.2, -0.15) is 13.2 Å². The van der Waals surface area contributed by atoms with E-state index in [2.05, 4.69) is 5.32 Å². The average Bonchev–Trinajstić information content (AvgIpc) is 2.50. The molecule has 23 heavy (non-hydrogen) atoms. The smallest absolute Gasteiger partial charge is 0.408 e. The molecule has 1 saturated heterocycles. The molecule has 0 aliphatic carbocycles. The summed E-state index contributed by atoms with van der Waals surface area (Å²) in [5.74, 6) is 0.000542. The second kappa shape index (κ2) is 6.95. The first kappa shape index (κ1) is 17.8. The van der Waals surface area contributed by atoms with Crippen LogP contribution in [-0.2, 0) is 0 Å². The van der Waals surface area contributed by atoms with Crippen LogP contribution in [0.3, 0.4) is 0 Å². The summed E-state index contributed by atoms with van der Waals surface area (Å²) in [4.78, 5) is 1.45. The standard InChI is InChI=1S/C16H17F3N2O.ClH/c17-16(18,19)15(21-9-7-20-8-10-21)13-5-6-14(22)12-4-2-1-3-11(12)13;/h1-6,15,20,22H,7-10H2;1H/t15-;/m0./s1. The molecule has 0 saturated carbocycles. The van der Waals surface area contributed by atoms with Crippen LogP contribution in [0.4, 0.5) is 13.2 Å². The van der Waals surface area contributed by atoms with Crippen molar-refractivity contribution in [1.82, 2.24) is 10.2 Å². The first-order valence-electron chi connectivity index (χ1n) is 7.20. The predicted molar refractivity (Wildman–Crippen MR) is 86.1 cm³/mol. The van der Waals surface area contributed by atoms with E-state index in [9.17, 15) is 18.3 Å². The molecule has 2 aromatic rings. The fourth-order valence-corrected chi connectivity index (χ4v) is 3.07. The molecule has 0 aromatic heterocycles. The Bertz CT molecular complexity index is 672. The number of nitrogens with one attached hydrogen (secondary N) is 1. The highest BCUT2D eigenvalue weighted by Gasteiger charge is 2.45. The molecule has 126 valence electrons. The summed E-state index contributed by atoms with van der Waals surface area (Å²) in [6.45, 7) is 1.78. The van der Waals surface area contributed by atoms with Gasteiger partial charge in [0.25, 0.3) is 0 Å². The molecule has 1 aliphatic heterocycles. The van der Waals surface area contributed by atoms with Crippen LogP contribution in [0, 0.1) is 0 Å². The van der Waals surface area contributed by atoms with Gasteiger partial charge in [-0.1, -0.05) is 30.3 Å². The number of rotatable bonds is 2. The fraction of sp³-hybridized carbons (Fsp3) is 0.375. The van der Waals surface area contributed by atoms with E-state index in [0.717, 1.165) is 0 Å². The number of phenolic OH excluding ortho intramolecular Hbond substituents is 1. The zero-order valence-corrected chi connectivity index (χ0v) is 13.1. The first-order valence-corrected chi connectivity index (χ1v) is 7.20. The number of aromatic hydroxyl groups is 1. The third-order valence-corrected chi connectivity index (χ3v) is 4.06. The van der Waals surface area contributed by atoms with Crippen molar-refractivity contribution in [3.05, 3.63) is 42.0 Å². The van der Waals surface area contributed by atoms with Gasteiger partial charge in [0.1, 0.15) is 11.8 Å². The van der Waals surface area contributed by atoms with Crippen LogP contribution in [0.2, 0.25) is 0 Å². The molecule has 1 fully saturated rings. The van der Waals surface area contributed by atoms with Crippen LogP contribution in [0.25, 0.3) is 10.8 Å². The third-order valence-electron chi connectivity index (χ3n) is 4.06. The van der Waals surface area contributed by atoms with Gasteiger partial charge in [0.2, 0.25) is 0 Å². The monoisotopic (exact) mass is 346 g/mol. The Kier molecular flexibility index (Phi) is 5.39. The van der Waals surface area contributed by atoms with Gasteiger partial charge in [-0.3, -0.25) is 4.90 Å². The average molecular weight is 347 g/mol. The molecule has 3 nitrogen and oxygen atoms in total. The Morgan fingerprint density at radius 3 is 2.22 bits per heavy atom. The zero-order chi connectivity index (χ0) is 15.7. The number of piperazine rings is 1. The summed E-state index contributed by atoms with van der Waals surface area (Å²) in [6, 6.07) is 7.75. The maximum atomic E-state index is 13.7. The number of hydrogen-bond acceptors (Lipinski definition) is 3. The normalized spacial score (nSPS) is 17.7. The molecule has 0 amide bonds. The number of alkyl halides is 3. The lowest BCUT2D eigenvalue weighted by Gasteiger charge is -2.36. The topological polar surface area (TPSA) is 35.5 Å². The Labute approximate surface area is 138 Å². The van der Waals surface area contributed by atoms with E-state index in [0.29, 0.717) is 37.0 Å². The molecule has 2 aromatic carbocycles. The number of benzene rings is 2. The highest BCUT2D eigenvalue weighted by molar-refractivity contribution is 5.91. The van der Waals surface area contributed by atoms with E-state index in [1.54, 1.807) is 24.3 Å². The number of hydrogen-bond donors (Lipinski definition) is 2. The van der Waals surface area contributed by atoms with E-state index >= 15 is 0 Å². The van der Waals surface area contributed by atoms with Gasteiger partial charge in [0, 0.05) is 31.6 Å². The largest absolute Gasteiger partial charge is 0.507 e. The van der Waals surface area contributed by atoms with E-state index < -0.39 is 12.2 Å². The van der Waals surface area contributed by atoms with Gasteiger partial charge < -0.3 is 10.4 Å². The summed E-state index contributed by atoms with van der Waals surface area (Å²) in [5.41, 5.74) is 0.197. The van der Waals surface area contributed by atoms with Crippen molar-refractivity contribution in [2.75, 3.05) is 26.2 Å². The van der Waals surface area contributed by atoms with Gasteiger partial charge in [-0.15, -0.1) is 12.4 Å². The zero-order valence-electron chi connectivity index (χ0n) is 12.3. The number of phenols is 1. The van der Waals surface area contributed by atoms with Crippen molar-refractivity contribution in [2.45, 2.75) is 12.2 Å².